The highest BCUT2D eigenvalue weighted by molar-refractivity contribution is 6.01. The van der Waals surface area contributed by atoms with Gasteiger partial charge in [0, 0.05) is 28.0 Å². The van der Waals surface area contributed by atoms with Crippen LogP contribution in [-0.4, -0.2) is 93.6 Å². The average molecular weight is 848 g/mol. The second-order valence-corrected chi connectivity index (χ2v) is 18.7. The topological polar surface area (TPSA) is 190 Å². The van der Waals surface area contributed by atoms with Gasteiger partial charge in [-0.1, -0.05) is 49.4 Å². The summed E-state index contributed by atoms with van der Waals surface area (Å²) in [6.07, 6.45) is -2.19. The van der Waals surface area contributed by atoms with Gasteiger partial charge in [0.1, 0.15) is 30.5 Å². The molecule has 328 valence electrons. The fourth-order valence-electron chi connectivity index (χ4n) is 10.7. The molecule has 1 aliphatic heterocycles. The van der Waals surface area contributed by atoms with Crippen molar-refractivity contribution in [3.63, 3.8) is 0 Å². The average Bonchev–Trinajstić information content (AvgIpc) is 3.69. The number of carbonyl (C=O) groups excluding carboxylic acids is 5. The maximum absolute atomic E-state index is 17.7. The number of hydrogen-bond donors (Lipinski definition) is 5. The van der Waals surface area contributed by atoms with Crippen molar-refractivity contribution in [1.29, 1.82) is 0 Å². The number of ether oxygens (including phenoxy) is 3. The van der Waals surface area contributed by atoms with Crippen molar-refractivity contribution in [2.45, 2.75) is 128 Å². The highest BCUT2D eigenvalue weighted by atomic mass is 19.1. The first-order chi connectivity index (χ1) is 28.6. The Bertz CT molecular complexity index is 2170. The number of Topliss-reactive ketones (excluding diaryl/α,β-unsaturated/α-hetero) is 1. The van der Waals surface area contributed by atoms with Crippen LogP contribution in [0.5, 0.6) is 0 Å². The first-order valence-corrected chi connectivity index (χ1v) is 20.8. The summed E-state index contributed by atoms with van der Waals surface area (Å²) in [7, 11) is 0. The van der Waals surface area contributed by atoms with Crippen LogP contribution in [0, 0.1) is 22.7 Å². The van der Waals surface area contributed by atoms with Gasteiger partial charge in [-0.15, -0.1) is 0 Å². The monoisotopic (exact) mass is 847 g/mol. The van der Waals surface area contributed by atoms with Gasteiger partial charge in [-0.3, -0.25) is 19.2 Å². The van der Waals surface area contributed by atoms with Crippen LogP contribution in [0.25, 0.3) is 0 Å². The Hall–Kier alpha value is -4.83. The molecule has 15 heteroatoms. The summed E-state index contributed by atoms with van der Waals surface area (Å²) >= 11 is 0. The van der Waals surface area contributed by atoms with Gasteiger partial charge in [-0.2, -0.15) is 0 Å². The molecule has 13 nitrogen and oxygen atoms in total. The van der Waals surface area contributed by atoms with Crippen LogP contribution in [-0.2, 0) is 39.8 Å². The smallest absolute Gasteiger partial charge is 0.408 e. The molecule has 5 N–H and O–H groups in total. The molecule has 0 bridgehead atoms. The fraction of sp³-hybridized carbons (Fsp3) is 0.543. The van der Waals surface area contributed by atoms with Gasteiger partial charge in [0.15, 0.2) is 29.1 Å². The van der Waals surface area contributed by atoms with E-state index in [-0.39, 0.29) is 24.8 Å². The number of halogens is 2. The van der Waals surface area contributed by atoms with Crippen LogP contribution in [0.4, 0.5) is 19.3 Å². The Balaban J connectivity index is 1.01. The molecule has 7 rings (SSSR count). The predicted molar refractivity (Wildman–Crippen MR) is 218 cm³/mol. The number of allylic oxidation sites excluding steroid dienone is 4. The largest absolute Gasteiger partial charge is 0.444 e. The highest BCUT2D eigenvalue weighted by Gasteiger charge is 2.80. The van der Waals surface area contributed by atoms with Crippen molar-refractivity contribution < 1.29 is 57.2 Å². The Morgan fingerprint density at radius 1 is 0.967 bits per heavy atom. The van der Waals surface area contributed by atoms with E-state index in [1.54, 1.807) is 52.0 Å². The zero-order chi connectivity index (χ0) is 44.4. The van der Waals surface area contributed by atoms with E-state index in [9.17, 15) is 34.2 Å². The molecule has 4 aliphatic carbocycles. The van der Waals surface area contributed by atoms with Gasteiger partial charge in [-0.25, -0.2) is 13.6 Å². The molecule has 4 fully saturated rings. The van der Waals surface area contributed by atoms with E-state index in [0.29, 0.717) is 17.7 Å². The van der Waals surface area contributed by atoms with Crippen molar-refractivity contribution in [3.8, 4) is 0 Å². The summed E-state index contributed by atoms with van der Waals surface area (Å²) in [5.41, 5.74) is -4.77. The molecular formula is C46H55F2N3O10. The molecule has 61 heavy (non-hydrogen) atoms. The minimum absolute atomic E-state index is 0.00604. The predicted octanol–water partition coefficient (Wildman–Crippen LogP) is 5.28. The molecule has 12 atom stereocenters. The zero-order valence-electron chi connectivity index (χ0n) is 35.4. The second-order valence-electron chi connectivity index (χ2n) is 18.7. The summed E-state index contributed by atoms with van der Waals surface area (Å²) in [5, 5.41) is 29.9. The van der Waals surface area contributed by atoms with Crippen molar-refractivity contribution in [2.24, 2.45) is 22.7 Å². The molecule has 3 amide bonds. The number of benzene rings is 2. The Kier molecular flexibility index (Phi) is 11.5. The lowest BCUT2D eigenvalue weighted by Crippen LogP contribution is -2.70. The number of anilines is 1. The SMILES string of the molecule is C[C@H](NC(=O)OC(C)(C)C)C(=O)N[C@@H](C)C(=O)Nc1cccc(Cc2ccc([C@@H]3O[C@@H]4C[C@H]5C6C[C@H](F)C7=CC(=O)C=CC7(C)[C@@]6(F)C(O)CC5(C)[C@]4(C(=O)CO)O3)cc2)c1. The lowest BCUT2D eigenvalue weighted by molar-refractivity contribution is -0.235. The third-order valence-electron chi connectivity index (χ3n) is 13.7. The molecule has 2 aromatic carbocycles. The van der Waals surface area contributed by atoms with Gasteiger partial charge in [0.2, 0.25) is 11.8 Å². The molecule has 3 saturated carbocycles. The maximum atomic E-state index is 17.7. The van der Waals surface area contributed by atoms with E-state index < -0.39 is 112 Å². The summed E-state index contributed by atoms with van der Waals surface area (Å²) in [6.45, 7) is 10.5. The third-order valence-corrected chi connectivity index (χ3v) is 13.7. The van der Waals surface area contributed by atoms with E-state index in [1.807, 2.05) is 24.3 Å². The Morgan fingerprint density at radius 3 is 2.33 bits per heavy atom. The van der Waals surface area contributed by atoms with E-state index in [0.717, 1.165) is 17.2 Å². The lowest BCUT2D eigenvalue weighted by Gasteiger charge is -2.63. The first-order valence-electron chi connectivity index (χ1n) is 20.8. The van der Waals surface area contributed by atoms with Crippen LogP contribution < -0.4 is 16.0 Å². The Morgan fingerprint density at radius 2 is 1.66 bits per heavy atom. The van der Waals surface area contributed by atoms with Crippen LogP contribution in [0.2, 0.25) is 0 Å². The number of rotatable bonds is 10. The van der Waals surface area contributed by atoms with Crippen molar-refractivity contribution in [3.05, 3.63) is 89.0 Å². The van der Waals surface area contributed by atoms with Crippen molar-refractivity contribution in [2.75, 3.05) is 11.9 Å². The molecule has 0 spiro atoms. The van der Waals surface area contributed by atoms with Crippen LogP contribution >= 0.6 is 0 Å². The van der Waals surface area contributed by atoms with Gasteiger partial charge < -0.3 is 40.4 Å². The van der Waals surface area contributed by atoms with Gasteiger partial charge >= 0.3 is 6.09 Å². The van der Waals surface area contributed by atoms with Gasteiger partial charge in [-0.05, 0) is 114 Å². The number of amides is 3. The highest BCUT2D eigenvalue weighted by Crippen LogP contribution is 2.72. The number of hydrogen-bond acceptors (Lipinski definition) is 10. The minimum atomic E-state index is -2.34. The van der Waals surface area contributed by atoms with Crippen LogP contribution in [0.3, 0.4) is 0 Å². The number of nitrogens with one attached hydrogen (secondary N) is 3. The van der Waals surface area contributed by atoms with E-state index in [4.69, 9.17) is 14.2 Å². The maximum Gasteiger partial charge on any atom is 0.408 e. The normalized spacial score (nSPS) is 34.7. The number of ketones is 2. The summed E-state index contributed by atoms with van der Waals surface area (Å²) < 4.78 is 51.9. The van der Waals surface area contributed by atoms with Crippen molar-refractivity contribution >= 4 is 35.2 Å². The lowest BCUT2D eigenvalue weighted by atomic mass is 9.44. The quantitative estimate of drug-likeness (QED) is 0.211. The molecule has 1 saturated heterocycles. The zero-order valence-corrected chi connectivity index (χ0v) is 35.4. The number of aliphatic hydroxyl groups is 2. The number of alkyl carbamates (subject to hydrolysis) is 1. The van der Waals surface area contributed by atoms with Gasteiger partial charge in [0.25, 0.3) is 0 Å². The molecule has 0 aromatic heterocycles. The number of alkyl halides is 2. The number of aliphatic hydroxyl groups excluding tert-OH is 2. The number of carbonyl (C=O) groups is 5. The van der Waals surface area contributed by atoms with E-state index >= 15 is 8.78 Å². The van der Waals surface area contributed by atoms with E-state index in [2.05, 4.69) is 16.0 Å². The summed E-state index contributed by atoms with van der Waals surface area (Å²) in [6, 6.07) is 12.7. The third kappa shape index (κ3) is 7.50. The van der Waals surface area contributed by atoms with Gasteiger partial charge in [0.05, 0.1) is 12.2 Å². The summed E-state index contributed by atoms with van der Waals surface area (Å²) in [5.74, 6) is -3.83. The first kappa shape index (κ1) is 44.2. The minimum Gasteiger partial charge on any atom is -0.444 e. The van der Waals surface area contributed by atoms with Crippen LogP contribution in [0.15, 0.2) is 72.3 Å². The van der Waals surface area contributed by atoms with E-state index in [1.165, 1.54) is 32.9 Å². The standard InChI is InChI=1S/C46H55F2N3O10/c1-24(49-38(56)25(2)50-41(58)61-42(3,4)5)39(57)51-29-10-8-9-27(18-29)17-26-11-13-28(14-12-26)40-59-37-21-31-32-20-34(47)33-19-30(53)15-16-43(33,6)45(32,48)35(54)22-44(31,7)46(37,60-40)36(55)23-52/h8-16,18-19,24-25,31-32,34-35,37,40,52,54H,17,20-23H2,1-7H3,(H,49,56)(H,50,58)(H,51,57)/t24-,25-,31-,32?,34-,35?,37+,40+,43?,44?,45-,46+/m0/s1. The molecule has 1 heterocycles. The molecule has 0 radical (unpaired) electrons. The second kappa shape index (κ2) is 15.8. The number of fused-ring (bicyclic) bond motifs is 7. The molecular weight excluding hydrogens is 793 g/mol. The molecule has 2 aromatic rings. The molecule has 5 aliphatic rings. The fourth-order valence-corrected chi connectivity index (χ4v) is 10.7. The Labute approximate surface area is 353 Å². The molecule has 4 unspecified atom stereocenters. The summed E-state index contributed by atoms with van der Waals surface area (Å²) in [4.78, 5) is 63.8. The van der Waals surface area contributed by atoms with Crippen molar-refractivity contribution in [1.82, 2.24) is 10.6 Å². The van der Waals surface area contributed by atoms with Crippen LogP contribution in [0.1, 0.15) is 90.7 Å².